The van der Waals surface area contributed by atoms with E-state index in [1.54, 1.807) is 12.1 Å². The third-order valence-electron chi connectivity index (χ3n) is 2.66. The molecule has 0 aliphatic heterocycles. The average molecular weight is 334 g/mol. The molecule has 0 saturated heterocycles. The van der Waals surface area contributed by atoms with Crippen molar-refractivity contribution in [1.82, 2.24) is 10.6 Å². The summed E-state index contributed by atoms with van der Waals surface area (Å²) in [6.07, 6.45) is 2.88. The highest BCUT2D eigenvalue weighted by Gasteiger charge is 2.20. The van der Waals surface area contributed by atoms with Crippen molar-refractivity contribution in [2.24, 2.45) is 0 Å². The SMILES string of the molecule is CCCNCCNC(=O)c1cc(SC)ccc1[N+](=O)[O-].Cl. The van der Waals surface area contributed by atoms with Gasteiger partial charge in [0.05, 0.1) is 4.92 Å². The summed E-state index contributed by atoms with van der Waals surface area (Å²) in [4.78, 5) is 23.3. The van der Waals surface area contributed by atoms with Crippen LogP contribution in [0.15, 0.2) is 23.1 Å². The van der Waals surface area contributed by atoms with Gasteiger partial charge in [0.2, 0.25) is 0 Å². The van der Waals surface area contributed by atoms with Gasteiger partial charge in [-0.3, -0.25) is 14.9 Å². The summed E-state index contributed by atoms with van der Waals surface area (Å²) in [7, 11) is 0. The molecule has 0 unspecified atom stereocenters. The van der Waals surface area contributed by atoms with Crippen LogP contribution in [0.4, 0.5) is 5.69 Å². The largest absolute Gasteiger partial charge is 0.351 e. The van der Waals surface area contributed by atoms with E-state index < -0.39 is 10.8 Å². The molecule has 0 saturated carbocycles. The third kappa shape index (κ3) is 6.33. The van der Waals surface area contributed by atoms with Crippen molar-refractivity contribution in [3.05, 3.63) is 33.9 Å². The standard InChI is InChI=1S/C13H19N3O3S.ClH/c1-3-6-14-7-8-15-13(17)11-9-10(20-2)4-5-12(11)16(18)19;/h4-5,9,14H,3,6-8H2,1-2H3,(H,15,17);1H. The normalized spacial score (nSPS) is 9.81. The Morgan fingerprint density at radius 1 is 1.33 bits per heavy atom. The number of thioether (sulfide) groups is 1. The molecule has 8 heteroatoms. The average Bonchev–Trinajstić information content (AvgIpc) is 2.46. The van der Waals surface area contributed by atoms with E-state index in [2.05, 4.69) is 17.6 Å². The molecule has 0 aliphatic carbocycles. The molecule has 0 aliphatic rings. The molecule has 1 aromatic rings. The van der Waals surface area contributed by atoms with Gasteiger partial charge in [-0.05, 0) is 31.4 Å². The minimum Gasteiger partial charge on any atom is -0.351 e. The van der Waals surface area contributed by atoms with Gasteiger partial charge in [-0.1, -0.05) is 6.92 Å². The molecule has 118 valence electrons. The topological polar surface area (TPSA) is 84.3 Å². The van der Waals surface area contributed by atoms with Crippen LogP contribution in [0.25, 0.3) is 0 Å². The van der Waals surface area contributed by atoms with Gasteiger partial charge in [-0.25, -0.2) is 0 Å². The Kier molecular flexibility index (Phi) is 9.77. The second kappa shape index (κ2) is 10.4. The fourth-order valence-electron chi connectivity index (χ4n) is 1.64. The molecule has 21 heavy (non-hydrogen) atoms. The minimum atomic E-state index is -0.533. The number of rotatable bonds is 8. The Bertz CT molecular complexity index is 486. The summed E-state index contributed by atoms with van der Waals surface area (Å²) in [5, 5.41) is 16.8. The van der Waals surface area contributed by atoms with Crippen LogP contribution in [0.1, 0.15) is 23.7 Å². The Balaban J connectivity index is 0.00000400. The zero-order valence-electron chi connectivity index (χ0n) is 12.0. The molecular formula is C13H20ClN3O3S. The summed E-state index contributed by atoms with van der Waals surface area (Å²) in [6, 6.07) is 4.57. The number of hydrogen-bond donors (Lipinski definition) is 2. The van der Waals surface area contributed by atoms with E-state index in [0.717, 1.165) is 17.9 Å². The first-order valence-electron chi connectivity index (χ1n) is 6.41. The Morgan fingerprint density at radius 3 is 2.62 bits per heavy atom. The van der Waals surface area contributed by atoms with Crippen LogP contribution >= 0.6 is 24.2 Å². The predicted octanol–water partition coefficient (Wildman–Crippen LogP) is 2.47. The number of carbonyl (C=O) groups is 1. The molecule has 0 fully saturated rings. The van der Waals surface area contributed by atoms with Crippen molar-refractivity contribution < 1.29 is 9.72 Å². The Hall–Kier alpha value is -1.31. The van der Waals surface area contributed by atoms with Crippen molar-refractivity contribution in [3.63, 3.8) is 0 Å². The maximum atomic E-state index is 12.0. The van der Waals surface area contributed by atoms with Crippen LogP contribution in [0, 0.1) is 10.1 Å². The molecule has 0 radical (unpaired) electrons. The first-order valence-corrected chi connectivity index (χ1v) is 7.64. The molecule has 0 heterocycles. The van der Waals surface area contributed by atoms with E-state index in [0.29, 0.717) is 13.1 Å². The smallest absolute Gasteiger partial charge is 0.282 e. The number of nitro groups is 1. The number of hydrogen-bond acceptors (Lipinski definition) is 5. The van der Waals surface area contributed by atoms with Crippen LogP contribution in [0.5, 0.6) is 0 Å². The number of carbonyl (C=O) groups excluding carboxylic acids is 1. The lowest BCUT2D eigenvalue weighted by Crippen LogP contribution is -2.32. The maximum absolute atomic E-state index is 12.0. The molecule has 6 nitrogen and oxygen atoms in total. The lowest BCUT2D eigenvalue weighted by molar-refractivity contribution is -0.385. The summed E-state index contributed by atoms with van der Waals surface area (Å²) in [5.41, 5.74) is -0.0563. The molecule has 1 aromatic carbocycles. The van der Waals surface area contributed by atoms with Gasteiger partial charge < -0.3 is 10.6 Å². The minimum absolute atomic E-state index is 0. The summed E-state index contributed by atoms with van der Waals surface area (Å²) < 4.78 is 0. The summed E-state index contributed by atoms with van der Waals surface area (Å²) in [5.74, 6) is -0.411. The predicted molar refractivity (Wildman–Crippen MR) is 87.6 cm³/mol. The van der Waals surface area contributed by atoms with Gasteiger partial charge in [-0.15, -0.1) is 24.2 Å². The van der Waals surface area contributed by atoms with Crippen LogP contribution in [-0.2, 0) is 0 Å². The van der Waals surface area contributed by atoms with Crippen molar-refractivity contribution >= 4 is 35.8 Å². The van der Waals surface area contributed by atoms with Crippen LogP contribution in [0.2, 0.25) is 0 Å². The lowest BCUT2D eigenvalue weighted by Gasteiger charge is -2.07. The van der Waals surface area contributed by atoms with Crippen molar-refractivity contribution in [2.45, 2.75) is 18.2 Å². The van der Waals surface area contributed by atoms with E-state index in [1.807, 2.05) is 6.26 Å². The summed E-state index contributed by atoms with van der Waals surface area (Å²) in [6.45, 7) is 4.04. The fraction of sp³-hybridized carbons (Fsp3) is 0.462. The number of nitrogens with one attached hydrogen (secondary N) is 2. The number of nitro benzene ring substituents is 1. The molecule has 0 atom stereocenters. The molecule has 0 bridgehead atoms. The lowest BCUT2D eigenvalue weighted by atomic mass is 10.1. The van der Waals surface area contributed by atoms with E-state index >= 15 is 0 Å². The highest BCUT2D eigenvalue weighted by atomic mass is 35.5. The van der Waals surface area contributed by atoms with Gasteiger partial charge in [0.15, 0.2) is 0 Å². The third-order valence-corrected chi connectivity index (χ3v) is 3.38. The van der Waals surface area contributed by atoms with Crippen LogP contribution in [0.3, 0.4) is 0 Å². The first-order chi connectivity index (χ1) is 9.60. The molecular weight excluding hydrogens is 314 g/mol. The highest BCUT2D eigenvalue weighted by Crippen LogP contribution is 2.24. The number of halogens is 1. The van der Waals surface area contributed by atoms with E-state index in [4.69, 9.17) is 0 Å². The zero-order valence-corrected chi connectivity index (χ0v) is 13.7. The Morgan fingerprint density at radius 2 is 2.05 bits per heavy atom. The quantitative estimate of drug-likeness (QED) is 0.330. The maximum Gasteiger partial charge on any atom is 0.282 e. The number of amides is 1. The van der Waals surface area contributed by atoms with Gasteiger partial charge in [0.1, 0.15) is 5.56 Å². The van der Waals surface area contributed by atoms with Crippen molar-refractivity contribution in [2.75, 3.05) is 25.9 Å². The summed E-state index contributed by atoms with van der Waals surface area (Å²) >= 11 is 1.44. The monoisotopic (exact) mass is 333 g/mol. The van der Waals surface area contributed by atoms with E-state index in [1.165, 1.54) is 17.8 Å². The van der Waals surface area contributed by atoms with Gasteiger partial charge in [-0.2, -0.15) is 0 Å². The van der Waals surface area contributed by atoms with Gasteiger partial charge in [0, 0.05) is 24.1 Å². The van der Waals surface area contributed by atoms with Crippen molar-refractivity contribution in [1.29, 1.82) is 0 Å². The molecule has 1 amide bonds. The van der Waals surface area contributed by atoms with Crippen molar-refractivity contribution in [3.8, 4) is 0 Å². The molecule has 2 N–H and O–H groups in total. The van der Waals surface area contributed by atoms with Gasteiger partial charge in [0.25, 0.3) is 11.6 Å². The molecule has 0 aromatic heterocycles. The second-order valence-corrected chi connectivity index (χ2v) is 5.03. The van der Waals surface area contributed by atoms with Crippen LogP contribution < -0.4 is 10.6 Å². The highest BCUT2D eigenvalue weighted by molar-refractivity contribution is 7.98. The van der Waals surface area contributed by atoms with Crippen LogP contribution in [-0.4, -0.2) is 36.7 Å². The fourth-order valence-corrected chi connectivity index (χ4v) is 2.08. The molecule has 0 spiro atoms. The van der Waals surface area contributed by atoms with E-state index in [9.17, 15) is 14.9 Å². The zero-order chi connectivity index (χ0) is 15.0. The molecule has 1 rings (SSSR count). The first kappa shape index (κ1) is 19.7. The van der Waals surface area contributed by atoms with Gasteiger partial charge >= 0.3 is 0 Å². The second-order valence-electron chi connectivity index (χ2n) is 4.15. The number of nitrogens with zero attached hydrogens (tertiary/aromatic N) is 1. The van der Waals surface area contributed by atoms with E-state index in [-0.39, 0.29) is 23.7 Å². The Labute approximate surface area is 134 Å². The number of benzene rings is 1.